The zero-order valence-corrected chi connectivity index (χ0v) is 16.8. The Bertz CT molecular complexity index is 1070. The van der Waals surface area contributed by atoms with Gasteiger partial charge in [0.25, 0.3) is 0 Å². The average Bonchev–Trinajstić information content (AvgIpc) is 3.34. The monoisotopic (exact) mass is 390 g/mol. The van der Waals surface area contributed by atoms with Gasteiger partial charge in [0.15, 0.2) is 5.13 Å². The van der Waals surface area contributed by atoms with Crippen molar-refractivity contribution in [3.8, 4) is 0 Å². The van der Waals surface area contributed by atoms with Crippen molar-refractivity contribution in [1.29, 1.82) is 0 Å². The maximum absolute atomic E-state index is 13.3. The van der Waals surface area contributed by atoms with E-state index in [1.54, 1.807) is 22.4 Å². The van der Waals surface area contributed by atoms with Crippen LogP contribution < -0.4 is 4.90 Å². The van der Waals surface area contributed by atoms with Crippen LogP contribution >= 0.6 is 11.3 Å². The number of amides is 1. The van der Waals surface area contributed by atoms with Crippen LogP contribution in [-0.2, 0) is 17.8 Å². The Hall–Kier alpha value is -2.99. The number of aryl methyl sites for hydroxylation is 2. The first-order valence-electron chi connectivity index (χ1n) is 9.29. The summed E-state index contributed by atoms with van der Waals surface area (Å²) in [6, 6.07) is 16.1. The summed E-state index contributed by atoms with van der Waals surface area (Å²) in [4.78, 5) is 19.8. The van der Waals surface area contributed by atoms with E-state index < -0.39 is 0 Å². The molecule has 0 saturated carbocycles. The summed E-state index contributed by atoms with van der Waals surface area (Å²) < 4.78 is 2.92. The molecule has 5 nitrogen and oxygen atoms in total. The molecule has 0 aliphatic heterocycles. The molecule has 6 heteroatoms. The minimum absolute atomic E-state index is 0.0555. The second-order valence-corrected chi connectivity index (χ2v) is 7.89. The number of aromatic nitrogens is 3. The first-order valence-corrected chi connectivity index (χ1v) is 10.1. The highest BCUT2D eigenvalue weighted by Crippen LogP contribution is 2.29. The molecule has 0 aliphatic rings. The third-order valence-electron chi connectivity index (χ3n) is 4.77. The van der Waals surface area contributed by atoms with Crippen LogP contribution in [0, 0.1) is 13.8 Å². The van der Waals surface area contributed by atoms with Crippen molar-refractivity contribution in [3.05, 3.63) is 77.6 Å². The molecule has 0 unspecified atom stereocenters. The van der Waals surface area contributed by atoms with E-state index in [9.17, 15) is 4.79 Å². The summed E-state index contributed by atoms with van der Waals surface area (Å²) in [5, 5.41) is 4.99. The van der Waals surface area contributed by atoms with Crippen molar-refractivity contribution >= 4 is 32.6 Å². The molecule has 0 atom stereocenters. The maximum atomic E-state index is 13.3. The number of nitrogens with zero attached hydrogens (tertiary/aromatic N) is 4. The Morgan fingerprint density at radius 2 is 2.00 bits per heavy atom. The smallest absolute Gasteiger partial charge is 0.233 e. The molecule has 2 heterocycles. The van der Waals surface area contributed by atoms with Gasteiger partial charge in [0.1, 0.15) is 0 Å². The Kier molecular flexibility index (Phi) is 5.21. The van der Waals surface area contributed by atoms with Crippen LogP contribution in [0.25, 0.3) is 10.2 Å². The predicted molar refractivity (Wildman–Crippen MR) is 114 cm³/mol. The van der Waals surface area contributed by atoms with Gasteiger partial charge in [0.2, 0.25) is 5.91 Å². The molecule has 0 bridgehead atoms. The van der Waals surface area contributed by atoms with Gasteiger partial charge in [0, 0.05) is 18.9 Å². The molecule has 142 valence electrons. The van der Waals surface area contributed by atoms with E-state index in [2.05, 4.69) is 30.2 Å². The van der Waals surface area contributed by atoms with Gasteiger partial charge in [-0.1, -0.05) is 47.2 Å². The van der Waals surface area contributed by atoms with Crippen LogP contribution in [0.3, 0.4) is 0 Å². The normalized spacial score (nSPS) is 11.1. The minimum Gasteiger partial charge on any atom is -0.286 e. The van der Waals surface area contributed by atoms with Crippen molar-refractivity contribution < 1.29 is 4.79 Å². The fourth-order valence-corrected chi connectivity index (χ4v) is 4.20. The minimum atomic E-state index is 0.0555. The molecule has 28 heavy (non-hydrogen) atoms. The summed E-state index contributed by atoms with van der Waals surface area (Å²) in [6.07, 6.45) is 4.02. The predicted octanol–water partition coefficient (Wildman–Crippen LogP) is 4.39. The second-order valence-electron chi connectivity index (χ2n) is 6.89. The molecule has 4 rings (SSSR count). The Labute approximate surface area is 168 Å². The molecule has 0 spiro atoms. The maximum Gasteiger partial charge on any atom is 0.233 e. The number of carbonyl (C=O) groups is 1. The first-order chi connectivity index (χ1) is 13.6. The average molecular weight is 391 g/mol. The third kappa shape index (κ3) is 3.97. The Morgan fingerprint density at radius 1 is 1.14 bits per heavy atom. The quantitative estimate of drug-likeness (QED) is 0.491. The van der Waals surface area contributed by atoms with Crippen LogP contribution in [0.15, 0.2) is 60.9 Å². The van der Waals surface area contributed by atoms with Crippen LogP contribution in [0.1, 0.15) is 16.7 Å². The van der Waals surface area contributed by atoms with Crippen molar-refractivity contribution in [1.82, 2.24) is 14.8 Å². The third-order valence-corrected chi connectivity index (χ3v) is 5.83. The molecule has 0 fully saturated rings. The summed E-state index contributed by atoms with van der Waals surface area (Å²) in [5.41, 5.74) is 4.29. The lowest BCUT2D eigenvalue weighted by Gasteiger charge is -2.20. The number of rotatable bonds is 6. The van der Waals surface area contributed by atoms with Crippen molar-refractivity contribution in [2.45, 2.75) is 26.8 Å². The number of fused-ring (bicyclic) bond motifs is 1. The summed E-state index contributed by atoms with van der Waals surface area (Å²) >= 11 is 1.55. The molecule has 1 amide bonds. The number of anilines is 1. The van der Waals surface area contributed by atoms with Gasteiger partial charge < -0.3 is 0 Å². The molecule has 2 aromatic heterocycles. The Morgan fingerprint density at radius 3 is 2.79 bits per heavy atom. The van der Waals surface area contributed by atoms with Crippen LogP contribution in [0.5, 0.6) is 0 Å². The highest BCUT2D eigenvalue weighted by atomic mass is 32.1. The summed E-state index contributed by atoms with van der Waals surface area (Å²) in [5.74, 6) is 0.0555. The van der Waals surface area contributed by atoms with Gasteiger partial charge in [-0.2, -0.15) is 5.10 Å². The molecule has 0 radical (unpaired) electrons. The van der Waals surface area contributed by atoms with Gasteiger partial charge in [-0.3, -0.25) is 14.4 Å². The number of para-hydroxylation sites is 1. The van der Waals surface area contributed by atoms with Gasteiger partial charge in [0.05, 0.1) is 23.2 Å². The van der Waals surface area contributed by atoms with E-state index in [0.29, 0.717) is 19.5 Å². The van der Waals surface area contributed by atoms with E-state index in [1.165, 1.54) is 0 Å². The number of carbonyl (C=O) groups excluding carboxylic acids is 1. The Balaban J connectivity index is 1.63. The lowest BCUT2D eigenvalue weighted by molar-refractivity contribution is -0.118. The molecule has 0 saturated heterocycles. The van der Waals surface area contributed by atoms with E-state index >= 15 is 0 Å². The molecular formula is C22H22N4OS. The largest absolute Gasteiger partial charge is 0.286 e. The van der Waals surface area contributed by atoms with E-state index in [4.69, 9.17) is 4.98 Å². The standard InChI is InChI=1S/C22H22N4OS/c1-16-8-9-17(2)18(14-16)15-21(27)26(13-12-25-11-5-10-23-25)22-24-19-6-3-4-7-20(19)28-22/h3-11,14H,12-13,15H2,1-2H3. The number of hydrogen-bond donors (Lipinski definition) is 0. The first kappa shape index (κ1) is 18.4. The second kappa shape index (κ2) is 7.94. The van der Waals surface area contributed by atoms with Crippen molar-refractivity contribution in [2.75, 3.05) is 11.4 Å². The fraction of sp³-hybridized carbons (Fsp3) is 0.227. The van der Waals surface area contributed by atoms with E-state index in [0.717, 1.165) is 32.0 Å². The fourth-order valence-electron chi connectivity index (χ4n) is 3.19. The number of hydrogen-bond acceptors (Lipinski definition) is 4. The molecule has 0 aliphatic carbocycles. The van der Waals surface area contributed by atoms with Crippen molar-refractivity contribution in [3.63, 3.8) is 0 Å². The molecule has 2 aromatic carbocycles. The highest BCUT2D eigenvalue weighted by molar-refractivity contribution is 7.22. The van der Waals surface area contributed by atoms with Gasteiger partial charge in [-0.05, 0) is 43.2 Å². The van der Waals surface area contributed by atoms with Crippen LogP contribution in [0.4, 0.5) is 5.13 Å². The SMILES string of the molecule is Cc1ccc(C)c(CC(=O)N(CCn2cccn2)c2nc3ccccc3s2)c1. The number of thiazole rings is 1. The molecule has 0 N–H and O–H groups in total. The summed E-state index contributed by atoms with van der Waals surface area (Å²) in [7, 11) is 0. The zero-order valence-electron chi connectivity index (χ0n) is 16.0. The lowest BCUT2D eigenvalue weighted by atomic mass is 10.0. The van der Waals surface area contributed by atoms with Crippen LogP contribution in [0.2, 0.25) is 0 Å². The van der Waals surface area contributed by atoms with Gasteiger partial charge in [-0.25, -0.2) is 4.98 Å². The lowest BCUT2D eigenvalue weighted by Crippen LogP contribution is -2.35. The topological polar surface area (TPSA) is 51.0 Å². The highest BCUT2D eigenvalue weighted by Gasteiger charge is 2.20. The van der Waals surface area contributed by atoms with E-state index in [1.807, 2.05) is 48.1 Å². The van der Waals surface area contributed by atoms with Gasteiger partial charge in [-0.15, -0.1) is 0 Å². The van der Waals surface area contributed by atoms with Crippen LogP contribution in [-0.4, -0.2) is 27.2 Å². The molecule has 4 aromatic rings. The summed E-state index contributed by atoms with van der Waals surface area (Å²) in [6.45, 7) is 5.26. The zero-order chi connectivity index (χ0) is 19.5. The van der Waals surface area contributed by atoms with Gasteiger partial charge >= 0.3 is 0 Å². The molecular weight excluding hydrogens is 368 g/mol. The number of benzene rings is 2. The van der Waals surface area contributed by atoms with E-state index in [-0.39, 0.29) is 5.91 Å². The van der Waals surface area contributed by atoms with Crippen molar-refractivity contribution in [2.24, 2.45) is 0 Å².